The highest BCUT2D eigenvalue weighted by atomic mass is 35.5. The molecule has 2 unspecified atom stereocenters. The van der Waals surface area contributed by atoms with Crippen LogP contribution in [0.3, 0.4) is 0 Å². The molecule has 5 aromatic carbocycles. The molecule has 326 valence electrons. The molecule has 2 heterocycles. The van der Waals surface area contributed by atoms with Crippen molar-refractivity contribution < 1.29 is 23.8 Å². The van der Waals surface area contributed by atoms with Crippen LogP contribution < -0.4 is 29.9 Å². The van der Waals surface area contributed by atoms with E-state index in [1.54, 1.807) is 44.6 Å². The summed E-state index contributed by atoms with van der Waals surface area (Å²) in [5.74, 6) is 0.938. The number of azo groups is 1. The number of nitrogens with one attached hydrogen (secondary N) is 2. The number of benzene rings is 5. The van der Waals surface area contributed by atoms with E-state index in [2.05, 4.69) is 46.7 Å². The van der Waals surface area contributed by atoms with Crippen molar-refractivity contribution in [1.29, 1.82) is 0 Å². The quantitative estimate of drug-likeness (QED) is 0.0970. The van der Waals surface area contributed by atoms with E-state index in [-0.39, 0.29) is 42.9 Å². The Labute approximate surface area is 392 Å². The predicted molar refractivity (Wildman–Crippen MR) is 256 cm³/mol. The number of hydrogen-bond donors (Lipinski definition) is 2. The lowest BCUT2D eigenvalue weighted by Gasteiger charge is -2.24. The van der Waals surface area contributed by atoms with E-state index in [1.807, 2.05) is 55.5 Å². The molecule has 0 aliphatic carbocycles. The van der Waals surface area contributed by atoms with Crippen LogP contribution in [-0.2, 0) is 15.0 Å². The third-order valence-corrected chi connectivity index (χ3v) is 13.5. The maximum atomic E-state index is 14.1. The minimum Gasteiger partial charge on any atom is -0.493 e. The van der Waals surface area contributed by atoms with Gasteiger partial charge in [-0.05, 0) is 90.6 Å². The topological polar surface area (TPSA) is 139 Å². The van der Waals surface area contributed by atoms with Crippen molar-refractivity contribution in [2.75, 3.05) is 29.9 Å². The highest BCUT2D eigenvalue weighted by molar-refractivity contribution is 8.01. The molecule has 2 amide bonds. The number of methoxy groups -OCH3 is 2. The van der Waals surface area contributed by atoms with Gasteiger partial charge in [0.25, 0.3) is 11.8 Å². The number of thiazole rings is 1. The van der Waals surface area contributed by atoms with Crippen LogP contribution in [-0.4, -0.2) is 49.0 Å². The number of fused-ring (bicyclic) bond motifs is 1. The van der Waals surface area contributed by atoms with Gasteiger partial charge in [-0.1, -0.05) is 98.0 Å². The first-order valence-corrected chi connectivity index (χ1v) is 22.8. The zero-order valence-electron chi connectivity index (χ0n) is 34.8. The number of carbonyl (C=O) groups is 2. The molecule has 0 fully saturated rings. The van der Waals surface area contributed by atoms with Crippen molar-refractivity contribution in [2.45, 2.75) is 67.3 Å². The maximum absolute atomic E-state index is 14.1. The predicted octanol–water partition coefficient (Wildman–Crippen LogP) is 13.5. The molecule has 12 nitrogen and oxygen atoms in total. The summed E-state index contributed by atoms with van der Waals surface area (Å²) in [7, 11) is 3.18. The molecule has 0 spiro atoms. The number of hydrazone groups is 1. The lowest BCUT2D eigenvalue weighted by Crippen LogP contribution is -2.33. The van der Waals surface area contributed by atoms with Crippen LogP contribution >= 0.6 is 69.5 Å². The van der Waals surface area contributed by atoms with Gasteiger partial charge in [-0.3, -0.25) is 9.59 Å². The molecule has 1 aliphatic rings. The number of amides is 2. The zero-order chi connectivity index (χ0) is 45.0. The van der Waals surface area contributed by atoms with Crippen LogP contribution in [0.1, 0.15) is 46.1 Å². The third kappa shape index (κ3) is 10.5. The Hall–Kier alpha value is -5.09. The number of halogens is 4. The van der Waals surface area contributed by atoms with Crippen LogP contribution in [0.25, 0.3) is 10.2 Å². The summed E-state index contributed by atoms with van der Waals surface area (Å²) in [4.78, 5) is 33.3. The second-order valence-electron chi connectivity index (χ2n) is 14.8. The van der Waals surface area contributed by atoms with Crippen molar-refractivity contribution in [2.24, 2.45) is 15.3 Å². The Balaban J connectivity index is 1.10. The number of anilines is 3. The van der Waals surface area contributed by atoms with Crippen LogP contribution in [0.4, 0.5) is 22.7 Å². The number of rotatable bonds is 15. The van der Waals surface area contributed by atoms with Crippen molar-refractivity contribution in [3.8, 4) is 17.2 Å². The summed E-state index contributed by atoms with van der Waals surface area (Å²) in [5.41, 5.74) is 3.34. The number of aromatic nitrogens is 1. The van der Waals surface area contributed by atoms with Gasteiger partial charge in [0.2, 0.25) is 6.04 Å². The van der Waals surface area contributed by atoms with Crippen molar-refractivity contribution in [3.05, 3.63) is 117 Å². The van der Waals surface area contributed by atoms with E-state index >= 15 is 0 Å². The highest BCUT2D eigenvalue weighted by Gasteiger charge is 2.40. The van der Waals surface area contributed by atoms with E-state index in [1.165, 1.54) is 40.8 Å². The SMILES string of the molecule is CCC(Oc1ccc(C(C)(C)CC)cc1)C(=O)Nc1ccc(Cl)c(NC2=NN(c3c(Cl)cc(Cl)cc3Cl)C(=O)C2N=Nc2ccc(Sc3nc4cc(OC)c(OC)cc4s3)cc2)c1. The van der Waals surface area contributed by atoms with Gasteiger partial charge < -0.3 is 24.8 Å². The first-order valence-electron chi connectivity index (χ1n) is 19.6. The second kappa shape index (κ2) is 19.7. The largest absolute Gasteiger partial charge is 0.493 e. The van der Waals surface area contributed by atoms with Crippen LogP contribution in [0.2, 0.25) is 20.1 Å². The van der Waals surface area contributed by atoms with Gasteiger partial charge in [0.05, 0.1) is 50.9 Å². The van der Waals surface area contributed by atoms with Gasteiger partial charge in [-0.15, -0.1) is 16.4 Å². The molecule has 0 saturated carbocycles. The Bertz CT molecular complexity index is 2670. The van der Waals surface area contributed by atoms with E-state index in [0.29, 0.717) is 40.7 Å². The summed E-state index contributed by atoms with van der Waals surface area (Å²) in [6, 6.07) is 25.4. The number of amidine groups is 1. The highest BCUT2D eigenvalue weighted by Crippen LogP contribution is 2.41. The molecular weight excluding hydrogens is 924 g/mol. The molecule has 1 aromatic heterocycles. The number of carbonyl (C=O) groups excluding carboxylic acids is 2. The molecule has 2 N–H and O–H groups in total. The Morgan fingerprint density at radius 3 is 2.24 bits per heavy atom. The van der Waals surface area contributed by atoms with E-state index in [0.717, 1.165) is 30.9 Å². The minimum atomic E-state index is -1.28. The molecule has 0 bridgehead atoms. The second-order valence-corrected chi connectivity index (χ2v) is 18.8. The first kappa shape index (κ1) is 45.9. The van der Waals surface area contributed by atoms with Crippen LogP contribution in [0.5, 0.6) is 17.2 Å². The summed E-state index contributed by atoms with van der Waals surface area (Å²) in [6.45, 7) is 8.39. The summed E-state index contributed by atoms with van der Waals surface area (Å²) in [6.07, 6.45) is 0.625. The fourth-order valence-electron chi connectivity index (χ4n) is 6.36. The summed E-state index contributed by atoms with van der Waals surface area (Å²) in [5, 5.41) is 21.3. The van der Waals surface area contributed by atoms with Gasteiger partial charge in [0.15, 0.2) is 27.8 Å². The number of ether oxygens (including phenoxy) is 3. The van der Waals surface area contributed by atoms with Crippen molar-refractivity contribution >= 4 is 120 Å². The van der Waals surface area contributed by atoms with E-state index in [9.17, 15) is 9.59 Å². The van der Waals surface area contributed by atoms with Crippen molar-refractivity contribution in [3.63, 3.8) is 0 Å². The number of hydrogen-bond acceptors (Lipinski definition) is 12. The Morgan fingerprint density at radius 1 is 0.905 bits per heavy atom. The smallest absolute Gasteiger partial charge is 0.282 e. The van der Waals surface area contributed by atoms with E-state index < -0.39 is 18.1 Å². The minimum absolute atomic E-state index is 0.0209. The van der Waals surface area contributed by atoms with Gasteiger partial charge in [0.1, 0.15) is 11.4 Å². The molecule has 18 heteroatoms. The Morgan fingerprint density at radius 2 is 1.59 bits per heavy atom. The fourth-order valence-corrected chi connectivity index (χ4v) is 9.55. The summed E-state index contributed by atoms with van der Waals surface area (Å²) >= 11 is 29.0. The molecule has 1 aliphatic heterocycles. The average molecular weight is 966 g/mol. The monoisotopic (exact) mass is 963 g/mol. The summed E-state index contributed by atoms with van der Waals surface area (Å²) < 4.78 is 18.8. The average Bonchev–Trinajstić information content (AvgIpc) is 3.80. The van der Waals surface area contributed by atoms with Gasteiger partial charge >= 0.3 is 0 Å². The van der Waals surface area contributed by atoms with Crippen LogP contribution in [0.15, 0.2) is 116 Å². The molecule has 63 heavy (non-hydrogen) atoms. The van der Waals surface area contributed by atoms with Gasteiger partial charge in [-0.2, -0.15) is 15.2 Å². The van der Waals surface area contributed by atoms with Gasteiger partial charge in [-0.25, -0.2) is 4.98 Å². The maximum Gasteiger partial charge on any atom is 0.282 e. The standard InChI is InChI=1S/C45H41Cl4N7O5S2/c1-7-35(61-28-14-9-24(10-15-28)45(3,4)8-2)42(57)50-27-13-18-30(47)33(21-27)51-41-39(43(58)56(55-41)40-31(48)19-25(46)20-32(40)49)54-53-26-11-16-29(17-12-26)62-44-52-34-22-36(59-5)37(60-6)23-38(34)63-44/h9-23,35,39H,7-8H2,1-6H3,(H,50,57)(H,51,55). The van der Waals surface area contributed by atoms with Crippen LogP contribution in [0, 0.1) is 0 Å². The first-order chi connectivity index (χ1) is 30.2. The van der Waals surface area contributed by atoms with Crippen molar-refractivity contribution in [1.82, 2.24) is 4.98 Å². The molecule has 7 rings (SSSR count). The third-order valence-electron chi connectivity index (χ3n) is 10.3. The fraction of sp³-hybridized carbons (Fsp3) is 0.244. The molecular formula is C45H41Cl4N7O5S2. The Kier molecular flexibility index (Phi) is 14.4. The molecule has 2 atom stereocenters. The van der Waals surface area contributed by atoms with Gasteiger partial charge in [0, 0.05) is 27.7 Å². The lowest BCUT2D eigenvalue weighted by molar-refractivity contribution is -0.122. The lowest BCUT2D eigenvalue weighted by atomic mass is 9.82. The molecule has 6 aromatic rings. The molecule has 0 radical (unpaired) electrons. The zero-order valence-corrected chi connectivity index (χ0v) is 39.5. The number of nitrogens with zero attached hydrogens (tertiary/aromatic N) is 5. The molecule has 0 saturated heterocycles. The normalized spacial score (nSPS) is 14.6. The van der Waals surface area contributed by atoms with E-state index in [4.69, 9.17) is 65.6 Å².